The molecule has 8 nitrogen and oxygen atoms in total. The molecule has 2 unspecified atom stereocenters. The molecule has 1 fully saturated rings. The molecule has 28 heavy (non-hydrogen) atoms. The molecular formula is C20H27N5O3. The fraction of sp³-hybridized carbons (Fsp3) is 0.550. The van der Waals surface area contributed by atoms with Crippen molar-refractivity contribution in [2.45, 2.75) is 45.3 Å². The number of aryl methyl sites for hydroxylation is 1. The summed E-state index contributed by atoms with van der Waals surface area (Å²) in [6.45, 7) is 6.80. The number of aromatic hydroxyl groups is 1. The fourth-order valence-corrected chi connectivity index (χ4v) is 4.06. The van der Waals surface area contributed by atoms with E-state index in [0.29, 0.717) is 42.5 Å². The van der Waals surface area contributed by atoms with Gasteiger partial charge < -0.3 is 20.3 Å². The number of phenolic OH excluding ortho intramolecular Hbond substituents is 1. The molecule has 2 aliphatic heterocycles. The highest BCUT2D eigenvalue weighted by molar-refractivity contribution is 5.72. The Kier molecular flexibility index (Phi) is 5.32. The van der Waals surface area contributed by atoms with Gasteiger partial charge in [0, 0.05) is 36.7 Å². The van der Waals surface area contributed by atoms with Crippen molar-refractivity contribution in [3.63, 3.8) is 0 Å². The molecule has 2 aliphatic rings. The van der Waals surface area contributed by atoms with Crippen molar-refractivity contribution < 1.29 is 14.9 Å². The number of anilines is 1. The number of aliphatic hydroxyl groups is 1. The third-order valence-corrected chi connectivity index (χ3v) is 5.33. The Hall–Kier alpha value is -2.45. The first-order valence-corrected chi connectivity index (χ1v) is 9.87. The van der Waals surface area contributed by atoms with Gasteiger partial charge in [0.2, 0.25) is 5.95 Å². The van der Waals surface area contributed by atoms with Crippen molar-refractivity contribution in [1.82, 2.24) is 20.1 Å². The van der Waals surface area contributed by atoms with Crippen LogP contribution in [0.15, 0.2) is 12.1 Å². The van der Waals surface area contributed by atoms with Crippen LogP contribution in [0.1, 0.15) is 31.0 Å². The average molecular weight is 385 g/mol. The van der Waals surface area contributed by atoms with Crippen LogP contribution in [0.3, 0.4) is 0 Å². The number of nitrogens with zero attached hydrogens (tertiary/aromatic N) is 4. The number of nitrogens with one attached hydrogen (secondary N) is 1. The fourth-order valence-electron chi connectivity index (χ4n) is 4.06. The van der Waals surface area contributed by atoms with Gasteiger partial charge in [-0.2, -0.15) is 0 Å². The summed E-state index contributed by atoms with van der Waals surface area (Å²) in [5.74, 6) is 1.43. The third kappa shape index (κ3) is 3.88. The highest BCUT2D eigenvalue weighted by Crippen LogP contribution is 2.40. The van der Waals surface area contributed by atoms with Crippen molar-refractivity contribution >= 4 is 5.95 Å². The Morgan fingerprint density at radius 1 is 1.36 bits per heavy atom. The number of fused-ring (bicyclic) bond motifs is 1. The van der Waals surface area contributed by atoms with Gasteiger partial charge in [-0.1, -0.05) is 0 Å². The molecule has 0 bridgehead atoms. The second kappa shape index (κ2) is 7.89. The van der Waals surface area contributed by atoms with Gasteiger partial charge in [-0.25, -0.2) is 4.98 Å². The number of piperidine rings is 1. The first kappa shape index (κ1) is 18.9. The van der Waals surface area contributed by atoms with E-state index in [1.54, 1.807) is 6.07 Å². The van der Waals surface area contributed by atoms with Crippen LogP contribution < -0.4 is 10.1 Å². The number of aromatic nitrogens is 3. The minimum atomic E-state index is -0.330. The van der Waals surface area contributed by atoms with Crippen LogP contribution in [0.4, 0.5) is 5.95 Å². The first-order chi connectivity index (χ1) is 13.5. The summed E-state index contributed by atoms with van der Waals surface area (Å²) < 4.78 is 5.50. The lowest BCUT2D eigenvalue weighted by atomic mass is 10.0. The van der Waals surface area contributed by atoms with E-state index in [4.69, 9.17) is 4.74 Å². The monoisotopic (exact) mass is 385 g/mol. The molecule has 3 heterocycles. The first-order valence-electron chi connectivity index (χ1n) is 9.87. The molecular weight excluding hydrogens is 358 g/mol. The molecule has 1 aromatic heterocycles. The topological polar surface area (TPSA) is 104 Å². The lowest BCUT2D eigenvalue weighted by molar-refractivity contribution is 0.110. The number of hydrogen-bond donors (Lipinski definition) is 3. The van der Waals surface area contributed by atoms with E-state index in [0.717, 1.165) is 37.2 Å². The van der Waals surface area contributed by atoms with Gasteiger partial charge in [-0.15, -0.1) is 10.2 Å². The third-order valence-electron chi connectivity index (χ3n) is 5.33. The zero-order valence-electron chi connectivity index (χ0n) is 16.4. The highest BCUT2D eigenvalue weighted by atomic mass is 16.5. The van der Waals surface area contributed by atoms with Gasteiger partial charge in [0.05, 0.1) is 18.4 Å². The van der Waals surface area contributed by atoms with E-state index >= 15 is 0 Å². The van der Waals surface area contributed by atoms with Gasteiger partial charge in [-0.3, -0.25) is 4.90 Å². The molecule has 2 aromatic rings. The molecule has 0 radical (unpaired) electrons. The Morgan fingerprint density at radius 3 is 3.00 bits per heavy atom. The molecule has 4 rings (SSSR count). The van der Waals surface area contributed by atoms with Crippen molar-refractivity contribution in [3.05, 3.63) is 23.4 Å². The van der Waals surface area contributed by atoms with E-state index < -0.39 is 0 Å². The van der Waals surface area contributed by atoms with Crippen LogP contribution in [0.25, 0.3) is 11.3 Å². The quantitative estimate of drug-likeness (QED) is 0.715. The van der Waals surface area contributed by atoms with Crippen LogP contribution in [0, 0.1) is 6.92 Å². The van der Waals surface area contributed by atoms with E-state index in [9.17, 15) is 10.2 Å². The van der Waals surface area contributed by atoms with Crippen molar-refractivity contribution in [3.8, 4) is 22.8 Å². The zero-order valence-corrected chi connectivity index (χ0v) is 16.4. The van der Waals surface area contributed by atoms with E-state index in [1.165, 1.54) is 0 Å². The normalized spacial score (nSPS) is 20.5. The molecule has 2 atom stereocenters. The number of benzene rings is 1. The van der Waals surface area contributed by atoms with Crippen molar-refractivity contribution in [1.29, 1.82) is 0 Å². The molecule has 0 spiro atoms. The molecule has 1 saturated heterocycles. The van der Waals surface area contributed by atoms with Crippen LogP contribution in [0.5, 0.6) is 11.5 Å². The molecule has 3 N–H and O–H groups in total. The largest absolute Gasteiger partial charge is 0.507 e. The van der Waals surface area contributed by atoms with E-state index in [-0.39, 0.29) is 17.9 Å². The van der Waals surface area contributed by atoms with Crippen LogP contribution >= 0.6 is 0 Å². The highest BCUT2D eigenvalue weighted by Gasteiger charge is 2.23. The summed E-state index contributed by atoms with van der Waals surface area (Å²) in [4.78, 5) is 6.82. The Labute approximate surface area is 164 Å². The summed E-state index contributed by atoms with van der Waals surface area (Å²) in [6.07, 6.45) is 2.47. The number of phenols is 1. The predicted octanol–water partition coefficient (Wildman–Crippen LogP) is 1.74. The molecule has 1 aromatic carbocycles. The summed E-state index contributed by atoms with van der Waals surface area (Å²) in [6, 6.07) is 3.90. The second-order valence-electron chi connectivity index (χ2n) is 7.70. The molecule has 0 saturated carbocycles. The standard InChI is InChI=1S/C20H27N5O3/c1-12(26)10-25-8-3-4-14(11-25)22-20-21-13(2)18(23-24-20)16-5-6-17-15(19(16)27)7-9-28-17/h5-6,12,14,26-27H,3-4,7-11H2,1-2H3,(H,21,22,24). The smallest absolute Gasteiger partial charge is 0.243 e. The minimum Gasteiger partial charge on any atom is -0.507 e. The van der Waals surface area contributed by atoms with Gasteiger partial charge in [0.1, 0.15) is 17.2 Å². The molecule has 0 amide bonds. The minimum absolute atomic E-state index is 0.205. The van der Waals surface area contributed by atoms with E-state index in [1.807, 2.05) is 19.9 Å². The second-order valence-corrected chi connectivity index (χ2v) is 7.70. The Balaban J connectivity index is 1.49. The van der Waals surface area contributed by atoms with Crippen LogP contribution in [-0.4, -0.2) is 68.7 Å². The maximum Gasteiger partial charge on any atom is 0.243 e. The molecule has 8 heteroatoms. The van der Waals surface area contributed by atoms with Gasteiger partial charge >= 0.3 is 0 Å². The lowest BCUT2D eigenvalue weighted by Crippen LogP contribution is -2.44. The van der Waals surface area contributed by atoms with E-state index in [2.05, 4.69) is 25.4 Å². The summed E-state index contributed by atoms with van der Waals surface area (Å²) in [7, 11) is 0. The Morgan fingerprint density at radius 2 is 2.21 bits per heavy atom. The molecule has 150 valence electrons. The summed E-state index contributed by atoms with van der Waals surface area (Å²) >= 11 is 0. The number of hydrogen-bond acceptors (Lipinski definition) is 8. The van der Waals surface area contributed by atoms with Crippen molar-refractivity contribution in [2.24, 2.45) is 0 Å². The number of rotatable bonds is 5. The average Bonchev–Trinajstić information content (AvgIpc) is 3.12. The number of aliphatic hydroxyl groups excluding tert-OH is 1. The maximum absolute atomic E-state index is 10.6. The number of ether oxygens (including phenoxy) is 1. The summed E-state index contributed by atoms with van der Waals surface area (Å²) in [5.41, 5.74) is 2.75. The maximum atomic E-state index is 10.6. The summed E-state index contributed by atoms with van der Waals surface area (Å²) in [5, 5.41) is 32.2. The zero-order chi connectivity index (χ0) is 19.7. The SMILES string of the molecule is Cc1nc(NC2CCCN(CC(C)O)C2)nnc1-c1ccc2c(c1O)CCO2. The number of β-amino-alcohol motifs (C(OH)–C–C–N with tert-alkyl or cyclic N) is 1. The van der Waals surface area contributed by atoms with Crippen LogP contribution in [-0.2, 0) is 6.42 Å². The van der Waals surface area contributed by atoms with Gasteiger partial charge in [0.25, 0.3) is 0 Å². The number of likely N-dealkylation sites (tertiary alicyclic amines) is 1. The van der Waals surface area contributed by atoms with Crippen LogP contribution in [0.2, 0.25) is 0 Å². The van der Waals surface area contributed by atoms with Gasteiger partial charge in [-0.05, 0) is 45.4 Å². The van der Waals surface area contributed by atoms with Crippen molar-refractivity contribution in [2.75, 3.05) is 31.6 Å². The molecule has 0 aliphatic carbocycles. The van der Waals surface area contributed by atoms with Gasteiger partial charge in [0.15, 0.2) is 0 Å². The predicted molar refractivity (Wildman–Crippen MR) is 106 cm³/mol. The lowest BCUT2D eigenvalue weighted by Gasteiger charge is -2.33. The Bertz CT molecular complexity index is 858.